The van der Waals surface area contributed by atoms with Gasteiger partial charge in [0, 0.05) is 11.0 Å². The van der Waals surface area contributed by atoms with Gasteiger partial charge in [-0.05, 0) is 38.0 Å². The Morgan fingerprint density at radius 3 is 2.94 bits per heavy atom. The first-order chi connectivity index (χ1) is 8.49. The second-order valence-electron chi connectivity index (χ2n) is 4.61. The van der Waals surface area contributed by atoms with E-state index < -0.39 is 11.5 Å². The lowest BCUT2D eigenvalue weighted by Gasteiger charge is -2.33. The molecule has 1 aromatic carbocycles. The Morgan fingerprint density at radius 2 is 2.33 bits per heavy atom. The van der Waals surface area contributed by atoms with Crippen molar-refractivity contribution >= 4 is 27.6 Å². The van der Waals surface area contributed by atoms with Crippen LogP contribution in [0.3, 0.4) is 0 Å². The molecular weight excluding hydrogens is 296 g/mol. The fourth-order valence-corrected chi connectivity index (χ4v) is 2.74. The molecule has 4 nitrogen and oxygen atoms in total. The Bertz CT molecular complexity index is 538. The highest BCUT2D eigenvalue weighted by Crippen LogP contribution is 2.37. The lowest BCUT2D eigenvalue weighted by molar-refractivity contribution is -0.142. The van der Waals surface area contributed by atoms with Crippen molar-refractivity contribution in [3.63, 3.8) is 0 Å². The molecule has 1 aliphatic heterocycles. The number of carboxylic acids is 1. The second-order valence-corrected chi connectivity index (χ2v) is 5.52. The third kappa shape index (κ3) is 1.97. The molecule has 1 unspecified atom stereocenters. The van der Waals surface area contributed by atoms with Crippen LogP contribution in [-0.2, 0) is 4.79 Å². The number of benzene rings is 1. The van der Waals surface area contributed by atoms with E-state index in [0.717, 1.165) is 10.9 Å². The first-order valence-electron chi connectivity index (χ1n) is 5.70. The van der Waals surface area contributed by atoms with Crippen LogP contribution in [0.4, 0.5) is 5.69 Å². The molecule has 0 saturated carbocycles. The highest BCUT2D eigenvalue weighted by Gasteiger charge is 2.44. The number of carboxylic acid groups (broad SMARTS) is 1. The van der Waals surface area contributed by atoms with E-state index in [9.17, 15) is 9.90 Å². The number of hydrogen-bond acceptors (Lipinski definition) is 3. The van der Waals surface area contributed by atoms with Crippen molar-refractivity contribution in [2.75, 3.05) is 11.4 Å². The summed E-state index contributed by atoms with van der Waals surface area (Å²) in [4.78, 5) is 13.3. The van der Waals surface area contributed by atoms with Gasteiger partial charge in [-0.25, -0.2) is 4.79 Å². The van der Waals surface area contributed by atoms with Crippen LogP contribution in [0.15, 0.2) is 22.7 Å². The number of carbonyl (C=O) groups is 1. The van der Waals surface area contributed by atoms with E-state index in [-0.39, 0.29) is 0 Å². The van der Waals surface area contributed by atoms with Crippen LogP contribution in [0, 0.1) is 11.3 Å². The first-order valence-corrected chi connectivity index (χ1v) is 6.49. The molecule has 2 rings (SSSR count). The van der Waals surface area contributed by atoms with Crippen molar-refractivity contribution in [3.8, 4) is 6.07 Å². The van der Waals surface area contributed by atoms with E-state index in [4.69, 9.17) is 5.26 Å². The summed E-state index contributed by atoms with van der Waals surface area (Å²) in [5, 5.41) is 18.5. The normalized spacial score (nSPS) is 22.8. The van der Waals surface area contributed by atoms with Crippen LogP contribution in [0.25, 0.3) is 0 Å². The smallest absolute Gasteiger partial charge is 0.329 e. The van der Waals surface area contributed by atoms with Crippen LogP contribution in [0.1, 0.15) is 25.3 Å². The Labute approximate surface area is 114 Å². The lowest BCUT2D eigenvalue weighted by atomic mass is 9.98. The standard InChI is InChI=1S/C13H13BrN2O2/c1-13(12(17)18)5-2-6-16(13)11-7-10(14)4-3-9(11)8-15/h3-4,7H,2,5-6H2,1H3,(H,17,18). The van der Waals surface area contributed by atoms with Crippen LogP contribution in [-0.4, -0.2) is 23.2 Å². The monoisotopic (exact) mass is 308 g/mol. The SMILES string of the molecule is CC1(C(=O)O)CCCN1c1cc(Br)ccc1C#N. The Hall–Kier alpha value is -1.54. The third-order valence-corrected chi connectivity index (χ3v) is 3.97. The van der Waals surface area contributed by atoms with E-state index in [1.807, 2.05) is 11.0 Å². The van der Waals surface area contributed by atoms with E-state index in [1.165, 1.54) is 0 Å². The number of rotatable bonds is 2. The van der Waals surface area contributed by atoms with E-state index >= 15 is 0 Å². The van der Waals surface area contributed by atoms with E-state index in [0.29, 0.717) is 24.2 Å². The molecule has 1 saturated heterocycles. The van der Waals surface area contributed by atoms with Crippen molar-refractivity contribution in [2.45, 2.75) is 25.3 Å². The summed E-state index contributed by atoms with van der Waals surface area (Å²) in [5.74, 6) is -0.844. The van der Waals surface area contributed by atoms with Gasteiger partial charge in [0.1, 0.15) is 11.6 Å². The van der Waals surface area contributed by atoms with Crippen molar-refractivity contribution in [1.29, 1.82) is 5.26 Å². The summed E-state index contributed by atoms with van der Waals surface area (Å²) in [7, 11) is 0. The fraction of sp³-hybridized carbons (Fsp3) is 0.385. The molecule has 0 amide bonds. The average Bonchev–Trinajstić information content (AvgIpc) is 2.72. The lowest BCUT2D eigenvalue weighted by Crippen LogP contribution is -2.48. The molecule has 1 atom stereocenters. The minimum Gasteiger partial charge on any atom is -0.480 e. The van der Waals surface area contributed by atoms with Gasteiger partial charge < -0.3 is 10.0 Å². The molecule has 1 N–H and O–H groups in total. The predicted molar refractivity (Wildman–Crippen MR) is 71.5 cm³/mol. The van der Waals surface area contributed by atoms with Crippen molar-refractivity contribution in [2.24, 2.45) is 0 Å². The van der Waals surface area contributed by atoms with Gasteiger partial charge >= 0.3 is 5.97 Å². The maximum Gasteiger partial charge on any atom is 0.329 e. The van der Waals surface area contributed by atoms with Gasteiger partial charge in [-0.2, -0.15) is 5.26 Å². The minimum absolute atomic E-state index is 0.507. The average molecular weight is 309 g/mol. The zero-order chi connectivity index (χ0) is 13.3. The van der Waals surface area contributed by atoms with Crippen LogP contribution < -0.4 is 4.90 Å². The number of hydrogen-bond donors (Lipinski definition) is 1. The van der Waals surface area contributed by atoms with Crippen molar-refractivity contribution in [3.05, 3.63) is 28.2 Å². The molecule has 1 fully saturated rings. The number of halogens is 1. The van der Waals surface area contributed by atoms with Crippen molar-refractivity contribution in [1.82, 2.24) is 0 Å². The largest absolute Gasteiger partial charge is 0.480 e. The zero-order valence-corrected chi connectivity index (χ0v) is 11.6. The fourth-order valence-electron chi connectivity index (χ4n) is 2.39. The molecule has 0 aromatic heterocycles. The van der Waals surface area contributed by atoms with Gasteiger partial charge in [0.25, 0.3) is 0 Å². The predicted octanol–water partition coefficient (Wildman–Crippen LogP) is 2.76. The minimum atomic E-state index is -0.924. The molecule has 18 heavy (non-hydrogen) atoms. The molecule has 5 heteroatoms. The van der Waals surface area contributed by atoms with E-state index in [2.05, 4.69) is 22.0 Å². The summed E-state index contributed by atoms with van der Waals surface area (Å²) in [6, 6.07) is 7.43. The second kappa shape index (κ2) is 4.62. The van der Waals surface area contributed by atoms with Gasteiger partial charge in [-0.3, -0.25) is 0 Å². The number of nitrogens with zero attached hydrogens (tertiary/aromatic N) is 2. The Kier molecular flexibility index (Phi) is 3.31. The molecule has 1 heterocycles. The molecule has 1 aliphatic rings. The Morgan fingerprint density at radius 1 is 1.61 bits per heavy atom. The first kappa shape index (κ1) is 12.9. The van der Waals surface area contributed by atoms with E-state index in [1.54, 1.807) is 19.1 Å². The molecule has 0 aliphatic carbocycles. The molecule has 0 bridgehead atoms. The van der Waals surface area contributed by atoms with Gasteiger partial charge in [0.15, 0.2) is 0 Å². The van der Waals surface area contributed by atoms with Crippen LogP contribution in [0.2, 0.25) is 0 Å². The van der Waals surface area contributed by atoms with Crippen LogP contribution in [0.5, 0.6) is 0 Å². The summed E-state index contributed by atoms with van der Waals surface area (Å²) < 4.78 is 0.844. The summed E-state index contributed by atoms with van der Waals surface area (Å²) in [6.07, 6.45) is 1.42. The third-order valence-electron chi connectivity index (χ3n) is 3.47. The van der Waals surface area contributed by atoms with Gasteiger partial charge in [0.05, 0.1) is 11.3 Å². The molecule has 0 spiro atoms. The number of aliphatic carboxylic acids is 1. The van der Waals surface area contributed by atoms with Crippen LogP contribution >= 0.6 is 15.9 Å². The summed E-state index contributed by atoms with van der Waals surface area (Å²) in [6.45, 7) is 2.37. The highest BCUT2D eigenvalue weighted by molar-refractivity contribution is 9.10. The summed E-state index contributed by atoms with van der Waals surface area (Å²) >= 11 is 3.36. The highest BCUT2D eigenvalue weighted by atomic mass is 79.9. The molecular formula is C13H13BrN2O2. The number of anilines is 1. The topological polar surface area (TPSA) is 64.3 Å². The van der Waals surface area contributed by atoms with Gasteiger partial charge in [0.2, 0.25) is 0 Å². The molecule has 1 aromatic rings. The zero-order valence-electron chi connectivity index (χ0n) is 9.98. The van der Waals surface area contributed by atoms with Gasteiger partial charge in [-0.15, -0.1) is 0 Å². The quantitative estimate of drug-likeness (QED) is 0.912. The maximum atomic E-state index is 11.5. The number of nitriles is 1. The van der Waals surface area contributed by atoms with Crippen molar-refractivity contribution < 1.29 is 9.90 Å². The summed E-state index contributed by atoms with van der Waals surface area (Å²) in [5.41, 5.74) is 0.272. The molecule has 0 radical (unpaired) electrons. The Balaban J connectivity index is 2.52. The van der Waals surface area contributed by atoms with Gasteiger partial charge in [-0.1, -0.05) is 15.9 Å². The molecule has 94 valence electrons. The maximum absolute atomic E-state index is 11.5.